The molecule has 1 aromatic rings. The summed E-state index contributed by atoms with van der Waals surface area (Å²) in [4.78, 5) is 13.4. The summed E-state index contributed by atoms with van der Waals surface area (Å²) < 4.78 is 5.30. The van der Waals surface area contributed by atoms with Gasteiger partial charge >= 0.3 is 0 Å². The summed E-state index contributed by atoms with van der Waals surface area (Å²) >= 11 is 0. The maximum atomic E-state index is 10.8. The average Bonchev–Trinajstić information content (AvgIpc) is 2.04. The smallest absolute Gasteiger partial charge is 0.269 e. The molecule has 0 amide bonds. The van der Waals surface area contributed by atoms with Crippen molar-refractivity contribution in [2.24, 2.45) is 0 Å². The third-order valence-electron chi connectivity index (χ3n) is 1.55. The third-order valence-corrected chi connectivity index (χ3v) is 1.55. The molecule has 72 valence electrons. The molecule has 5 nitrogen and oxygen atoms in total. The number of aromatic amines is 1. The van der Waals surface area contributed by atoms with Crippen LogP contribution in [0.2, 0.25) is 0 Å². The number of hydrogen-bond acceptors (Lipinski definition) is 4. The maximum Gasteiger partial charge on any atom is 0.269 e. The van der Waals surface area contributed by atoms with Crippen molar-refractivity contribution in [1.29, 1.82) is 0 Å². The lowest BCUT2D eigenvalue weighted by Gasteiger charge is -2.09. The van der Waals surface area contributed by atoms with Crippen molar-refractivity contribution in [1.82, 2.24) is 15.2 Å². The minimum absolute atomic E-state index is 0.0531. The van der Waals surface area contributed by atoms with E-state index in [1.807, 2.05) is 13.8 Å². The summed E-state index contributed by atoms with van der Waals surface area (Å²) in [6.07, 6.45) is 1.78. The molecule has 0 spiro atoms. The Kier molecular flexibility index (Phi) is 3.57. The first kappa shape index (κ1) is 9.85. The van der Waals surface area contributed by atoms with Crippen LogP contribution in [0.3, 0.4) is 0 Å². The average molecular weight is 183 g/mol. The first-order chi connectivity index (χ1) is 6.22. The van der Waals surface area contributed by atoms with E-state index in [4.69, 9.17) is 4.74 Å². The van der Waals surface area contributed by atoms with E-state index in [1.165, 1.54) is 0 Å². The number of ether oxygens (including phenoxy) is 1. The SMILES string of the molecule is CCOC(C)Cc1nncc(=O)[nH]1. The molecule has 0 saturated heterocycles. The minimum Gasteiger partial charge on any atom is -0.378 e. The van der Waals surface area contributed by atoms with Crippen LogP contribution in [0.4, 0.5) is 0 Å². The van der Waals surface area contributed by atoms with Gasteiger partial charge in [0.2, 0.25) is 0 Å². The van der Waals surface area contributed by atoms with Gasteiger partial charge in [-0.3, -0.25) is 4.79 Å². The second-order valence-electron chi connectivity index (χ2n) is 2.75. The fraction of sp³-hybridized carbons (Fsp3) is 0.625. The fourth-order valence-corrected chi connectivity index (χ4v) is 1.06. The van der Waals surface area contributed by atoms with Gasteiger partial charge in [-0.05, 0) is 13.8 Å². The van der Waals surface area contributed by atoms with Gasteiger partial charge in [0.15, 0.2) is 0 Å². The topological polar surface area (TPSA) is 67.9 Å². The first-order valence-electron chi connectivity index (χ1n) is 4.25. The van der Waals surface area contributed by atoms with E-state index in [-0.39, 0.29) is 11.7 Å². The molecule has 0 aliphatic heterocycles. The van der Waals surface area contributed by atoms with Crippen molar-refractivity contribution in [3.05, 3.63) is 22.4 Å². The molecule has 1 unspecified atom stereocenters. The molecule has 1 heterocycles. The monoisotopic (exact) mass is 183 g/mol. The standard InChI is InChI=1S/C8H13N3O2/c1-3-13-6(2)4-7-10-8(12)5-9-11-7/h5-6H,3-4H2,1-2H3,(H,10,11,12). The summed E-state index contributed by atoms with van der Waals surface area (Å²) in [5, 5.41) is 7.32. The molecule has 1 rings (SSSR count). The van der Waals surface area contributed by atoms with Crippen LogP contribution >= 0.6 is 0 Å². The molecule has 0 bridgehead atoms. The number of hydrogen-bond donors (Lipinski definition) is 1. The lowest BCUT2D eigenvalue weighted by molar-refractivity contribution is 0.0752. The molecule has 0 aromatic carbocycles. The zero-order chi connectivity index (χ0) is 9.68. The van der Waals surface area contributed by atoms with E-state index < -0.39 is 0 Å². The molecule has 5 heteroatoms. The Labute approximate surface area is 76.2 Å². The highest BCUT2D eigenvalue weighted by molar-refractivity contribution is 4.84. The number of nitrogens with zero attached hydrogens (tertiary/aromatic N) is 2. The van der Waals surface area contributed by atoms with Crippen LogP contribution in [0.5, 0.6) is 0 Å². The van der Waals surface area contributed by atoms with Gasteiger partial charge in [-0.1, -0.05) is 0 Å². The predicted molar refractivity (Wildman–Crippen MR) is 47.4 cm³/mol. The van der Waals surface area contributed by atoms with Gasteiger partial charge in [0.05, 0.1) is 6.10 Å². The first-order valence-corrected chi connectivity index (χ1v) is 4.25. The molecule has 1 atom stereocenters. The fourth-order valence-electron chi connectivity index (χ4n) is 1.06. The van der Waals surface area contributed by atoms with Crippen LogP contribution in [-0.4, -0.2) is 27.9 Å². The lowest BCUT2D eigenvalue weighted by atomic mass is 10.3. The van der Waals surface area contributed by atoms with Gasteiger partial charge in [-0.15, -0.1) is 5.10 Å². The molecule has 0 saturated carbocycles. The van der Waals surface area contributed by atoms with Crippen molar-refractivity contribution >= 4 is 0 Å². The van der Waals surface area contributed by atoms with Crippen molar-refractivity contribution in [2.75, 3.05) is 6.61 Å². The Balaban J connectivity index is 2.58. The maximum absolute atomic E-state index is 10.8. The Bertz CT molecular complexity index is 310. The van der Waals surface area contributed by atoms with Crippen molar-refractivity contribution in [3.63, 3.8) is 0 Å². The predicted octanol–water partition coefficient (Wildman–Crippen LogP) is 0.132. The second-order valence-corrected chi connectivity index (χ2v) is 2.75. The van der Waals surface area contributed by atoms with E-state index in [2.05, 4.69) is 15.2 Å². The summed E-state index contributed by atoms with van der Waals surface area (Å²) in [6.45, 7) is 4.51. The van der Waals surface area contributed by atoms with Crippen molar-refractivity contribution < 1.29 is 4.74 Å². The van der Waals surface area contributed by atoms with Gasteiger partial charge in [0, 0.05) is 13.0 Å². The highest BCUT2D eigenvalue weighted by Crippen LogP contribution is 1.96. The van der Waals surface area contributed by atoms with Gasteiger partial charge in [-0.25, -0.2) is 0 Å². The Morgan fingerprint density at radius 1 is 1.69 bits per heavy atom. The molecule has 1 aromatic heterocycles. The molecule has 0 aliphatic rings. The van der Waals surface area contributed by atoms with Gasteiger partial charge in [0.25, 0.3) is 5.56 Å². The molecule has 0 fully saturated rings. The van der Waals surface area contributed by atoms with Crippen LogP contribution in [0, 0.1) is 0 Å². The van der Waals surface area contributed by atoms with Crippen molar-refractivity contribution in [2.45, 2.75) is 26.4 Å². The Hall–Kier alpha value is -1.23. The molecule has 13 heavy (non-hydrogen) atoms. The van der Waals surface area contributed by atoms with Crippen LogP contribution in [0.15, 0.2) is 11.0 Å². The van der Waals surface area contributed by atoms with E-state index in [0.29, 0.717) is 18.9 Å². The molecule has 1 N–H and O–H groups in total. The van der Waals surface area contributed by atoms with Gasteiger partial charge in [0.1, 0.15) is 12.0 Å². The van der Waals surface area contributed by atoms with Crippen LogP contribution in [0.1, 0.15) is 19.7 Å². The summed E-state index contributed by atoms with van der Waals surface area (Å²) in [5.74, 6) is 0.563. The largest absolute Gasteiger partial charge is 0.378 e. The number of nitrogens with one attached hydrogen (secondary N) is 1. The summed E-state index contributed by atoms with van der Waals surface area (Å²) in [6, 6.07) is 0. The number of H-pyrrole nitrogens is 1. The highest BCUT2D eigenvalue weighted by Gasteiger charge is 2.04. The molecule has 0 aliphatic carbocycles. The van der Waals surface area contributed by atoms with E-state index in [0.717, 1.165) is 6.20 Å². The minimum atomic E-state index is -0.228. The zero-order valence-corrected chi connectivity index (χ0v) is 7.78. The van der Waals surface area contributed by atoms with Gasteiger partial charge in [-0.2, -0.15) is 5.10 Å². The lowest BCUT2D eigenvalue weighted by Crippen LogP contribution is -2.18. The van der Waals surface area contributed by atoms with Gasteiger partial charge < -0.3 is 9.72 Å². The van der Waals surface area contributed by atoms with E-state index >= 15 is 0 Å². The molecular weight excluding hydrogens is 170 g/mol. The summed E-state index contributed by atoms with van der Waals surface area (Å²) in [5.41, 5.74) is -0.228. The van der Waals surface area contributed by atoms with Crippen LogP contribution in [0.25, 0.3) is 0 Å². The second kappa shape index (κ2) is 4.71. The Morgan fingerprint density at radius 3 is 3.08 bits per heavy atom. The summed E-state index contributed by atoms with van der Waals surface area (Å²) in [7, 11) is 0. The highest BCUT2D eigenvalue weighted by atomic mass is 16.5. The van der Waals surface area contributed by atoms with Crippen LogP contribution < -0.4 is 5.56 Å². The molecule has 0 radical (unpaired) electrons. The normalized spacial score (nSPS) is 12.8. The quantitative estimate of drug-likeness (QED) is 0.720. The Morgan fingerprint density at radius 2 is 2.46 bits per heavy atom. The zero-order valence-electron chi connectivity index (χ0n) is 7.78. The number of aromatic nitrogens is 3. The molecular formula is C8H13N3O2. The third kappa shape index (κ3) is 3.33. The van der Waals surface area contributed by atoms with E-state index in [1.54, 1.807) is 0 Å². The van der Waals surface area contributed by atoms with E-state index in [9.17, 15) is 4.79 Å². The number of rotatable bonds is 4. The van der Waals surface area contributed by atoms with Crippen LogP contribution in [-0.2, 0) is 11.2 Å². The van der Waals surface area contributed by atoms with Crippen molar-refractivity contribution in [3.8, 4) is 0 Å².